The molecule has 5 nitrogen and oxygen atoms in total. The number of carbonyl (C=O) groups is 2. The van der Waals surface area contributed by atoms with Crippen molar-refractivity contribution in [3.05, 3.63) is 29.3 Å². The first-order valence-corrected chi connectivity index (χ1v) is 3.35. The Balaban J connectivity index is 0. The largest absolute Gasteiger partial charge is 1.00 e. The van der Waals surface area contributed by atoms with Crippen LogP contribution in [0.4, 0.5) is 5.69 Å². The first-order valence-electron chi connectivity index (χ1n) is 3.35. The van der Waals surface area contributed by atoms with Crippen molar-refractivity contribution in [1.82, 2.24) is 0 Å². The zero-order chi connectivity index (χ0) is 10.0. The fourth-order valence-electron chi connectivity index (χ4n) is 0.921. The van der Waals surface area contributed by atoms with Gasteiger partial charge in [0.1, 0.15) is 0 Å². The molecule has 68 valence electrons. The Bertz CT molecular complexity index is 349. The predicted octanol–water partition coefficient (Wildman–Crippen LogP) is -8.00. The molecule has 0 aliphatic rings. The molecule has 0 saturated heterocycles. The number of carboxylic acids is 2. The van der Waals surface area contributed by atoms with Crippen LogP contribution in [0, 0.1) is 0 Å². The van der Waals surface area contributed by atoms with Crippen LogP contribution in [-0.4, -0.2) is 11.9 Å². The maximum atomic E-state index is 10.4. The summed E-state index contributed by atoms with van der Waals surface area (Å²) in [5, 5.41) is 20.8. The number of rotatable bonds is 2. The number of nitrogens with two attached hydrogens (primary N) is 1. The Kier molecular flexibility index (Phi) is 8.41. The van der Waals surface area contributed by atoms with Crippen LogP contribution in [0.2, 0.25) is 0 Å². The summed E-state index contributed by atoms with van der Waals surface area (Å²) in [7, 11) is 0. The number of hydrogen-bond acceptors (Lipinski definition) is 5. The van der Waals surface area contributed by atoms with Gasteiger partial charge in [0.25, 0.3) is 0 Å². The fourth-order valence-corrected chi connectivity index (χ4v) is 0.921. The molecular formula is C8H5NNa2O4. The van der Waals surface area contributed by atoms with Crippen LogP contribution in [-0.2, 0) is 0 Å². The van der Waals surface area contributed by atoms with Crippen LogP contribution in [0.15, 0.2) is 18.2 Å². The van der Waals surface area contributed by atoms with Crippen molar-refractivity contribution in [3.63, 3.8) is 0 Å². The molecule has 0 fully saturated rings. The molecule has 15 heavy (non-hydrogen) atoms. The Labute approximate surface area is 130 Å². The van der Waals surface area contributed by atoms with E-state index in [0.717, 1.165) is 12.1 Å². The molecule has 7 heteroatoms. The van der Waals surface area contributed by atoms with Gasteiger partial charge in [-0.3, -0.25) is 0 Å². The van der Waals surface area contributed by atoms with E-state index in [2.05, 4.69) is 0 Å². The number of hydrogen-bond donors (Lipinski definition) is 1. The van der Waals surface area contributed by atoms with Crippen LogP contribution in [0.3, 0.4) is 0 Å². The molecule has 0 spiro atoms. The van der Waals surface area contributed by atoms with Gasteiger partial charge in [-0.15, -0.1) is 0 Å². The fraction of sp³-hybridized carbons (Fsp3) is 0. The third-order valence-corrected chi connectivity index (χ3v) is 1.55. The number of anilines is 1. The molecule has 1 aromatic rings. The quantitative estimate of drug-likeness (QED) is 0.397. The van der Waals surface area contributed by atoms with Crippen molar-refractivity contribution in [3.8, 4) is 0 Å². The summed E-state index contributed by atoms with van der Waals surface area (Å²) < 4.78 is 0. The molecule has 2 N–H and O–H groups in total. The third-order valence-electron chi connectivity index (χ3n) is 1.55. The monoisotopic (exact) mass is 225 g/mol. The van der Waals surface area contributed by atoms with Crippen molar-refractivity contribution in [2.75, 3.05) is 5.73 Å². The van der Waals surface area contributed by atoms with Crippen LogP contribution < -0.4 is 75.1 Å². The first-order chi connectivity index (χ1) is 6.04. The van der Waals surface area contributed by atoms with Gasteiger partial charge in [0.15, 0.2) is 0 Å². The summed E-state index contributed by atoms with van der Waals surface area (Å²) in [6.07, 6.45) is 0. The number of benzene rings is 1. The minimum atomic E-state index is -1.51. The van der Waals surface area contributed by atoms with E-state index in [1.807, 2.05) is 0 Å². The summed E-state index contributed by atoms with van der Waals surface area (Å²) in [5.74, 6) is -3.03. The van der Waals surface area contributed by atoms with Gasteiger partial charge in [-0.2, -0.15) is 0 Å². The first kappa shape index (κ1) is 17.4. The van der Waals surface area contributed by atoms with Crippen LogP contribution in [0.1, 0.15) is 20.7 Å². The maximum Gasteiger partial charge on any atom is 1.00 e. The molecule has 0 amide bonds. The summed E-state index contributed by atoms with van der Waals surface area (Å²) in [5.41, 5.74) is 4.21. The van der Waals surface area contributed by atoms with E-state index in [1.54, 1.807) is 0 Å². The van der Waals surface area contributed by atoms with Crippen LogP contribution in [0.5, 0.6) is 0 Å². The average Bonchev–Trinajstić information content (AvgIpc) is 2.03. The molecule has 0 unspecified atom stereocenters. The van der Waals surface area contributed by atoms with E-state index < -0.39 is 11.9 Å². The van der Waals surface area contributed by atoms with Gasteiger partial charge >= 0.3 is 59.1 Å². The van der Waals surface area contributed by atoms with E-state index in [9.17, 15) is 19.8 Å². The van der Waals surface area contributed by atoms with Crippen LogP contribution in [0.25, 0.3) is 0 Å². The van der Waals surface area contributed by atoms with E-state index in [0.29, 0.717) is 0 Å². The summed E-state index contributed by atoms with van der Waals surface area (Å²) in [6.45, 7) is 0. The van der Waals surface area contributed by atoms with Crippen molar-refractivity contribution >= 4 is 17.6 Å². The normalized spacial score (nSPS) is 8.27. The Morgan fingerprint density at radius 3 is 1.60 bits per heavy atom. The summed E-state index contributed by atoms with van der Waals surface area (Å²) in [4.78, 5) is 20.8. The van der Waals surface area contributed by atoms with E-state index in [1.165, 1.54) is 6.07 Å². The van der Waals surface area contributed by atoms with E-state index in [4.69, 9.17) is 5.73 Å². The van der Waals surface area contributed by atoms with Gasteiger partial charge in [0.05, 0.1) is 11.9 Å². The molecule has 0 radical (unpaired) electrons. The van der Waals surface area contributed by atoms with E-state index in [-0.39, 0.29) is 75.9 Å². The minimum absolute atomic E-state index is 0. The summed E-state index contributed by atoms with van der Waals surface area (Å²) in [6, 6.07) is 3.58. The Hall–Kier alpha value is -0.0400. The van der Waals surface area contributed by atoms with Crippen molar-refractivity contribution < 1.29 is 78.9 Å². The second kappa shape index (κ2) is 7.27. The van der Waals surface area contributed by atoms with Gasteiger partial charge in [-0.05, 0) is 0 Å². The molecule has 1 rings (SSSR count). The van der Waals surface area contributed by atoms with Gasteiger partial charge in [0, 0.05) is 16.8 Å². The molecule has 0 aliphatic carbocycles. The van der Waals surface area contributed by atoms with Gasteiger partial charge < -0.3 is 25.5 Å². The smallest absolute Gasteiger partial charge is 0.545 e. The molecule has 0 heterocycles. The Morgan fingerprint density at radius 1 is 1.00 bits per heavy atom. The van der Waals surface area contributed by atoms with Crippen molar-refractivity contribution in [1.29, 1.82) is 0 Å². The van der Waals surface area contributed by atoms with E-state index >= 15 is 0 Å². The predicted molar refractivity (Wildman–Crippen MR) is 39.5 cm³/mol. The van der Waals surface area contributed by atoms with Crippen molar-refractivity contribution in [2.24, 2.45) is 0 Å². The zero-order valence-electron chi connectivity index (χ0n) is 8.44. The maximum absolute atomic E-state index is 10.4. The number of carbonyl (C=O) groups excluding carboxylic acids is 2. The summed E-state index contributed by atoms with van der Waals surface area (Å²) >= 11 is 0. The molecule has 0 aromatic heterocycles. The van der Waals surface area contributed by atoms with Gasteiger partial charge in [-0.25, -0.2) is 0 Å². The number of para-hydroxylation sites is 1. The number of carboxylic acid groups (broad SMARTS) is 2. The molecule has 0 bridgehead atoms. The third kappa shape index (κ3) is 4.14. The van der Waals surface area contributed by atoms with Gasteiger partial charge in [-0.1, -0.05) is 18.2 Å². The zero-order valence-corrected chi connectivity index (χ0v) is 12.4. The molecule has 0 atom stereocenters. The molecule has 0 aliphatic heterocycles. The molecular weight excluding hydrogens is 220 g/mol. The molecule has 0 saturated carbocycles. The Morgan fingerprint density at radius 2 is 1.33 bits per heavy atom. The van der Waals surface area contributed by atoms with Crippen LogP contribution >= 0.6 is 0 Å². The minimum Gasteiger partial charge on any atom is -0.545 e. The topological polar surface area (TPSA) is 106 Å². The molecule has 1 aromatic carbocycles. The van der Waals surface area contributed by atoms with Gasteiger partial charge in [0.2, 0.25) is 0 Å². The number of nitrogen functional groups attached to an aromatic ring is 1. The standard InChI is InChI=1S/C8H7NO4.2Na/c9-6-4(7(10)11)2-1-3-5(6)8(12)13;;/h1-3H,9H2,(H,10,11)(H,12,13);;/q;2*+1/p-2. The second-order valence-electron chi connectivity index (χ2n) is 2.34. The number of aromatic carboxylic acids is 2. The average molecular weight is 225 g/mol. The SMILES string of the molecule is Nc1c(C(=O)[O-])cccc1C(=O)[O-].[Na+].[Na+]. The van der Waals surface area contributed by atoms with Crippen molar-refractivity contribution in [2.45, 2.75) is 0 Å². The second-order valence-corrected chi connectivity index (χ2v) is 2.34.